The normalized spacial score (nSPS) is 21.8. The molecule has 1 saturated carbocycles. The second kappa shape index (κ2) is 5.76. The lowest BCUT2D eigenvalue weighted by atomic mass is 9.77. The van der Waals surface area contributed by atoms with Crippen molar-refractivity contribution in [2.45, 2.75) is 45.1 Å². The van der Waals surface area contributed by atoms with Crippen LogP contribution in [0, 0.1) is 11.2 Å². The van der Waals surface area contributed by atoms with E-state index in [1.165, 1.54) is 44.6 Å². The van der Waals surface area contributed by atoms with E-state index >= 15 is 0 Å². The van der Waals surface area contributed by atoms with Crippen LogP contribution in [0.15, 0.2) is 18.2 Å². The fraction of sp³-hybridized carbons (Fsp3) is 0.588. The van der Waals surface area contributed by atoms with Crippen LogP contribution in [0.3, 0.4) is 0 Å². The van der Waals surface area contributed by atoms with Crippen LogP contribution >= 0.6 is 0 Å². The summed E-state index contributed by atoms with van der Waals surface area (Å²) in [4.78, 5) is 13.3. The van der Waals surface area contributed by atoms with Gasteiger partial charge in [-0.05, 0) is 68.0 Å². The minimum atomic E-state index is -1.07. The number of rotatable bonds is 3. The van der Waals surface area contributed by atoms with E-state index in [0.29, 0.717) is 12.0 Å². The molecule has 2 fully saturated rings. The van der Waals surface area contributed by atoms with Crippen molar-refractivity contribution in [3.05, 3.63) is 35.1 Å². The Labute approximate surface area is 124 Å². The predicted octanol–water partition coefficient (Wildman–Crippen LogP) is 3.68. The zero-order valence-corrected chi connectivity index (χ0v) is 12.3. The Kier molecular flexibility index (Phi) is 3.98. The molecule has 3 rings (SSSR count). The Morgan fingerprint density at radius 2 is 1.81 bits per heavy atom. The lowest BCUT2D eigenvalue weighted by Gasteiger charge is -2.39. The van der Waals surface area contributed by atoms with Gasteiger partial charge in [0.05, 0.1) is 5.56 Å². The Hall–Kier alpha value is -1.42. The van der Waals surface area contributed by atoms with E-state index in [2.05, 4.69) is 4.90 Å². The molecule has 0 amide bonds. The van der Waals surface area contributed by atoms with Crippen LogP contribution in [0.1, 0.15) is 54.4 Å². The number of benzene rings is 1. The van der Waals surface area contributed by atoms with Gasteiger partial charge in [0.15, 0.2) is 0 Å². The molecule has 0 unspecified atom stereocenters. The molecule has 0 atom stereocenters. The average Bonchev–Trinajstić information content (AvgIpc) is 2.89. The van der Waals surface area contributed by atoms with Gasteiger partial charge in [0, 0.05) is 6.54 Å². The van der Waals surface area contributed by atoms with Gasteiger partial charge >= 0.3 is 5.97 Å². The molecule has 4 heteroatoms. The van der Waals surface area contributed by atoms with Crippen LogP contribution in [0.4, 0.5) is 4.39 Å². The van der Waals surface area contributed by atoms with Crippen molar-refractivity contribution >= 4 is 5.97 Å². The molecular formula is C17H22FNO2. The standard InChI is InChI=1S/C17H22FNO2/c18-15-10-13(9-14(11-15)16(20)21)12-19-7-5-17(6-8-19)3-1-2-4-17/h9-11H,1-8,12H2,(H,20,21). The number of piperidine rings is 1. The Morgan fingerprint density at radius 3 is 2.43 bits per heavy atom. The molecule has 0 radical (unpaired) electrons. The molecule has 1 aromatic rings. The summed E-state index contributed by atoms with van der Waals surface area (Å²) < 4.78 is 13.5. The smallest absolute Gasteiger partial charge is 0.335 e. The summed E-state index contributed by atoms with van der Waals surface area (Å²) in [6.45, 7) is 2.73. The maximum Gasteiger partial charge on any atom is 0.335 e. The predicted molar refractivity (Wildman–Crippen MR) is 78.8 cm³/mol. The maximum atomic E-state index is 13.5. The number of carboxylic acid groups (broad SMARTS) is 1. The highest BCUT2D eigenvalue weighted by Crippen LogP contribution is 2.46. The molecule has 1 aromatic carbocycles. The minimum Gasteiger partial charge on any atom is -0.478 e. The quantitative estimate of drug-likeness (QED) is 0.923. The van der Waals surface area contributed by atoms with Gasteiger partial charge in [0.2, 0.25) is 0 Å². The third kappa shape index (κ3) is 3.26. The number of carboxylic acids is 1. The number of likely N-dealkylation sites (tertiary alicyclic amines) is 1. The van der Waals surface area contributed by atoms with E-state index in [1.807, 2.05) is 0 Å². The number of halogens is 1. The lowest BCUT2D eigenvalue weighted by molar-refractivity contribution is 0.0696. The van der Waals surface area contributed by atoms with Crippen molar-refractivity contribution in [3.8, 4) is 0 Å². The van der Waals surface area contributed by atoms with Gasteiger partial charge in [-0.25, -0.2) is 9.18 Å². The van der Waals surface area contributed by atoms with Crippen LogP contribution in [-0.4, -0.2) is 29.1 Å². The van der Waals surface area contributed by atoms with Crippen molar-refractivity contribution in [3.63, 3.8) is 0 Å². The second-order valence-electron chi connectivity index (χ2n) is 6.64. The van der Waals surface area contributed by atoms with Crippen molar-refractivity contribution in [2.75, 3.05) is 13.1 Å². The van der Waals surface area contributed by atoms with Crippen molar-refractivity contribution < 1.29 is 14.3 Å². The van der Waals surface area contributed by atoms with Gasteiger partial charge in [-0.1, -0.05) is 12.8 Å². The molecular weight excluding hydrogens is 269 g/mol. The van der Waals surface area contributed by atoms with Crippen LogP contribution < -0.4 is 0 Å². The fourth-order valence-corrected chi connectivity index (χ4v) is 3.93. The third-order valence-corrected chi connectivity index (χ3v) is 5.19. The highest BCUT2D eigenvalue weighted by molar-refractivity contribution is 5.87. The van der Waals surface area contributed by atoms with E-state index < -0.39 is 11.8 Å². The van der Waals surface area contributed by atoms with Gasteiger partial charge in [-0.2, -0.15) is 0 Å². The van der Waals surface area contributed by atoms with E-state index in [0.717, 1.165) is 24.7 Å². The summed E-state index contributed by atoms with van der Waals surface area (Å²) in [6, 6.07) is 4.12. The fourth-order valence-electron chi connectivity index (χ4n) is 3.93. The van der Waals surface area contributed by atoms with Crippen LogP contribution in [0.2, 0.25) is 0 Å². The molecule has 0 aromatic heterocycles. The van der Waals surface area contributed by atoms with Gasteiger partial charge in [0.1, 0.15) is 5.82 Å². The molecule has 0 bridgehead atoms. The number of hydrogen-bond acceptors (Lipinski definition) is 2. The number of aromatic carboxylic acids is 1. The molecule has 21 heavy (non-hydrogen) atoms. The average molecular weight is 291 g/mol. The summed E-state index contributed by atoms with van der Waals surface area (Å²) in [5.41, 5.74) is 1.37. The first kappa shape index (κ1) is 14.5. The summed E-state index contributed by atoms with van der Waals surface area (Å²) in [5.74, 6) is -1.53. The topological polar surface area (TPSA) is 40.5 Å². The van der Waals surface area contributed by atoms with Crippen LogP contribution in [-0.2, 0) is 6.54 Å². The van der Waals surface area contributed by atoms with Crippen molar-refractivity contribution in [2.24, 2.45) is 5.41 Å². The first-order valence-corrected chi connectivity index (χ1v) is 7.82. The van der Waals surface area contributed by atoms with Crippen molar-refractivity contribution in [1.29, 1.82) is 0 Å². The van der Waals surface area contributed by atoms with Gasteiger partial charge in [0.25, 0.3) is 0 Å². The zero-order valence-electron chi connectivity index (χ0n) is 12.3. The number of nitrogens with zero attached hydrogens (tertiary/aromatic N) is 1. The van der Waals surface area contributed by atoms with Crippen molar-refractivity contribution in [1.82, 2.24) is 4.90 Å². The Morgan fingerprint density at radius 1 is 1.14 bits per heavy atom. The van der Waals surface area contributed by atoms with E-state index in [1.54, 1.807) is 6.07 Å². The monoisotopic (exact) mass is 291 g/mol. The molecule has 2 aliphatic rings. The highest BCUT2D eigenvalue weighted by Gasteiger charge is 2.36. The van der Waals surface area contributed by atoms with E-state index in [9.17, 15) is 9.18 Å². The molecule has 1 saturated heterocycles. The largest absolute Gasteiger partial charge is 0.478 e. The zero-order chi connectivity index (χ0) is 14.9. The lowest BCUT2D eigenvalue weighted by Crippen LogP contribution is -2.38. The molecule has 1 spiro atoms. The van der Waals surface area contributed by atoms with Gasteiger partial charge < -0.3 is 5.11 Å². The third-order valence-electron chi connectivity index (χ3n) is 5.19. The molecule has 1 aliphatic carbocycles. The molecule has 3 nitrogen and oxygen atoms in total. The minimum absolute atomic E-state index is 0.0364. The molecule has 1 N–H and O–H groups in total. The second-order valence-corrected chi connectivity index (χ2v) is 6.64. The van der Waals surface area contributed by atoms with E-state index in [-0.39, 0.29) is 5.56 Å². The molecule has 1 heterocycles. The summed E-state index contributed by atoms with van der Waals surface area (Å²) in [5, 5.41) is 9.00. The molecule has 1 aliphatic heterocycles. The Balaban J connectivity index is 1.64. The summed E-state index contributed by atoms with van der Waals surface area (Å²) in [6.07, 6.45) is 7.92. The first-order chi connectivity index (χ1) is 10.1. The highest BCUT2D eigenvalue weighted by atomic mass is 19.1. The van der Waals surface area contributed by atoms with Gasteiger partial charge in [-0.15, -0.1) is 0 Å². The summed E-state index contributed by atoms with van der Waals surface area (Å²) in [7, 11) is 0. The number of carbonyl (C=O) groups is 1. The van der Waals surface area contributed by atoms with Crippen LogP contribution in [0.5, 0.6) is 0 Å². The van der Waals surface area contributed by atoms with Gasteiger partial charge in [-0.3, -0.25) is 4.90 Å². The first-order valence-electron chi connectivity index (χ1n) is 7.82. The SMILES string of the molecule is O=C(O)c1cc(F)cc(CN2CCC3(CCCC3)CC2)c1. The number of hydrogen-bond donors (Lipinski definition) is 1. The maximum absolute atomic E-state index is 13.5. The van der Waals surface area contributed by atoms with Crippen LogP contribution in [0.25, 0.3) is 0 Å². The Bertz CT molecular complexity index is 528. The summed E-state index contributed by atoms with van der Waals surface area (Å²) >= 11 is 0. The molecule has 114 valence electrons. The van der Waals surface area contributed by atoms with E-state index in [4.69, 9.17) is 5.11 Å².